The maximum absolute atomic E-state index is 11.6. The number of hydrogen-bond acceptors (Lipinski definition) is 3. The molecule has 1 heterocycles. The number of nitrogens with one attached hydrogen (secondary N) is 1. The lowest BCUT2D eigenvalue weighted by Gasteiger charge is -2.11. The Labute approximate surface area is 130 Å². The number of imidazole rings is 1. The molecule has 1 aromatic heterocycles. The number of aryl methyl sites for hydroxylation is 1. The van der Waals surface area contributed by atoms with E-state index in [2.05, 4.69) is 10.3 Å². The number of hydrogen-bond donors (Lipinski definition) is 2. The first-order valence-electron chi connectivity index (χ1n) is 6.10. The molecule has 1 amide bonds. The highest BCUT2D eigenvalue weighted by atomic mass is 35.5. The number of para-hydroxylation sites is 2. The highest BCUT2D eigenvalue weighted by Gasteiger charge is 2.07. The molecule has 0 spiro atoms. The minimum atomic E-state index is 0. The fourth-order valence-corrected chi connectivity index (χ4v) is 1.82. The number of halogens is 2. The van der Waals surface area contributed by atoms with Gasteiger partial charge in [0.05, 0.1) is 17.4 Å². The van der Waals surface area contributed by atoms with E-state index in [9.17, 15) is 4.79 Å². The molecule has 5 nitrogen and oxygen atoms in total. The van der Waals surface area contributed by atoms with Gasteiger partial charge in [-0.3, -0.25) is 4.79 Å². The van der Waals surface area contributed by atoms with Crippen molar-refractivity contribution < 1.29 is 4.79 Å². The molecule has 0 radical (unpaired) electrons. The number of fused-ring (bicyclic) bond motifs is 1. The van der Waals surface area contributed by atoms with E-state index in [1.54, 1.807) is 6.33 Å². The van der Waals surface area contributed by atoms with Crippen LogP contribution in [-0.4, -0.2) is 28.0 Å². The number of rotatable bonds is 5. The second-order valence-electron chi connectivity index (χ2n) is 4.38. The number of amides is 1. The number of benzene rings is 1. The van der Waals surface area contributed by atoms with E-state index in [4.69, 9.17) is 5.73 Å². The van der Waals surface area contributed by atoms with Gasteiger partial charge in [0.2, 0.25) is 5.91 Å². The summed E-state index contributed by atoms with van der Waals surface area (Å²) in [6.45, 7) is 2.98. The molecule has 0 saturated heterocycles. The number of aromatic nitrogens is 2. The van der Waals surface area contributed by atoms with Crippen LogP contribution >= 0.6 is 24.8 Å². The summed E-state index contributed by atoms with van der Waals surface area (Å²) >= 11 is 0. The third kappa shape index (κ3) is 4.67. The fourth-order valence-electron chi connectivity index (χ4n) is 1.82. The molecule has 0 fully saturated rings. The first-order valence-corrected chi connectivity index (χ1v) is 6.10. The lowest BCUT2D eigenvalue weighted by Crippen LogP contribution is -2.38. The van der Waals surface area contributed by atoms with Gasteiger partial charge in [-0.25, -0.2) is 4.98 Å². The van der Waals surface area contributed by atoms with Crippen LogP contribution in [0.1, 0.15) is 13.3 Å². The summed E-state index contributed by atoms with van der Waals surface area (Å²) in [5.74, 6) is 0.0192. The minimum absolute atomic E-state index is 0. The maximum Gasteiger partial charge on any atom is 0.222 e. The Morgan fingerprint density at radius 2 is 2.10 bits per heavy atom. The molecule has 2 rings (SSSR count). The zero-order chi connectivity index (χ0) is 13.0. The lowest BCUT2D eigenvalue weighted by atomic mass is 10.3. The largest absolute Gasteiger partial charge is 0.352 e. The Morgan fingerprint density at radius 3 is 2.80 bits per heavy atom. The van der Waals surface area contributed by atoms with Crippen molar-refractivity contribution in [3.8, 4) is 0 Å². The number of nitrogens with zero attached hydrogens (tertiary/aromatic N) is 2. The summed E-state index contributed by atoms with van der Waals surface area (Å²) in [4.78, 5) is 15.9. The predicted octanol–water partition coefficient (Wildman–Crippen LogP) is 1.73. The molecular weight excluding hydrogens is 299 g/mol. The average Bonchev–Trinajstić information content (AvgIpc) is 2.79. The van der Waals surface area contributed by atoms with Crippen molar-refractivity contribution in [1.29, 1.82) is 0 Å². The van der Waals surface area contributed by atoms with Gasteiger partial charge in [-0.15, -0.1) is 24.8 Å². The van der Waals surface area contributed by atoms with Crippen LogP contribution in [0, 0.1) is 0 Å². The molecule has 20 heavy (non-hydrogen) atoms. The van der Waals surface area contributed by atoms with Gasteiger partial charge in [-0.2, -0.15) is 0 Å². The van der Waals surface area contributed by atoms with Crippen molar-refractivity contribution in [3.63, 3.8) is 0 Å². The van der Waals surface area contributed by atoms with Crippen LogP contribution in [0.3, 0.4) is 0 Å². The van der Waals surface area contributed by atoms with E-state index >= 15 is 0 Å². The van der Waals surface area contributed by atoms with E-state index < -0.39 is 0 Å². The van der Waals surface area contributed by atoms with E-state index in [0.29, 0.717) is 19.5 Å². The van der Waals surface area contributed by atoms with Crippen LogP contribution in [0.5, 0.6) is 0 Å². The van der Waals surface area contributed by atoms with E-state index in [0.717, 1.165) is 11.0 Å². The van der Waals surface area contributed by atoms with Crippen molar-refractivity contribution in [1.82, 2.24) is 14.9 Å². The van der Waals surface area contributed by atoms with Crippen LogP contribution in [0.15, 0.2) is 30.6 Å². The molecule has 0 bridgehead atoms. The molecule has 0 saturated carbocycles. The average molecular weight is 319 g/mol. The topological polar surface area (TPSA) is 72.9 Å². The van der Waals surface area contributed by atoms with Crippen LogP contribution in [0.4, 0.5) is 0 Å². The predicted molar refractivity (Wildman–Crippen MR) is 85.5 cm³/mol. The quantitative estimate of drug-likeness (QED) is 0.881. The summed E-state index contributed by atoms with van der Waals surface area (Å²) in [5, 5.41) is 2.84. The molecule has 1 atom stereocenters. The molecule has 3 N–H and O–H groups in total. The molecule has 112 valence electrons. The first kappa shape index (κ1) is 18.7. The normalized spacial score (nSPS) is 11.3. The standard InChI is InChI=1S/C13H18N4O.2ClH/c1-10(8-14)16-13(18)6-7-17-9-15-11-4-2-3-5-12(11)17;;/h2-5,9-10H,6-8,14H2,1H3,(H,16,18);2*1H/t10-;;/m0../s1. The molecule has 7 heteroatoms. The minimum Gasteiger partial charge on any atom is -0.352 e. The molecule has 0 aliphatic carbocycles. The van der Waals surface area contributed by atoms with E-state index in [1.807, 2.05) is 35.8 Å². The molecule has 0 aliphatic heterocycles. The van der Waals surface area contributed by atoms with Crippen molar-refractivity contribution in [3.05, 3.63) is 30.6 Å². The van der Waals surface area contributed by atoms with Crippen LogP contribution in [-0.2, 0) is 11.3 Å². The van der Waals surface area contributed by atoms with Crippen molar-refractivity contribution >= 4 is 41.8 Å². The van der Waals surface area contributed by atoms with Crippen molar-refractivity contribution in [2.45, 2.75) is 25.9 Å². The lowest BCUT2D eigenvalue weighted by molar-refractivity contribution is -0.121. The van der Waals surface area contributed by atoms with E-state index in [-0.39, 0.29) is 36.8 Å². The highest BCUT2D eigenvalue weighted by molar-refractivity contribution is 5.85. The summed E-state index contributed by atoms with van der Waals surface area (Å²) in [6, 6.07) is 7.91. The number of carbonyl (C=O) groups excluding carboxylic acids is 1. The second kappa shape index (κ2) is 8.79. The highest BCUT2D eigenvalue weighted by Crippen LogP contribution is 2.11. The van der Waals surface area contributed by atoms with Gasteiger partial charge in [0.1, 0.15) is 0 Å². The molecule has 2 aromatic rings. The van der Waals surface area contributed by atoms with Crippen molar-refractivity contribution in [2.75, 3.05) is 6.54 Å². The third-order valence-corrected chi connectivity index (χ3v) is 2.87. The zero-order valence-electron chi connectivity index (χ0n) is 11.3. The smallest absolute Gasteiger partial charge is 0.222 e. The summed E-state index contributed by atoms with van der Waals surface area (Å²) in [7, 11) is 0. The molecule has 1 aromatic carbocycles. The summed E-state index contributed by atoms with van der Waals surface area (Å²) < 4.78 is 1.99. The third-order valence-electron chi connectivity index (χ3n) is 2.87. The molecule has 0 unspecified atom stereocenters. The Kier molecular flexibility index (Phi) is 8.22. The van der Waals surface area contributed by atoms with Gasteiger partial charge in [0, 0.05) is 25.6 Å². The van der Waals surface area contributed by atoms with E-state index in [1.165, 1.54) is 0 Å². The fraction of sp³-hybridized carbons (Fsp3) is 0.385. The van der Waals surface area contributed by atoms with Crippen LogP contribution in [0.2, 0.25) is 0 Å². The Balaban J connectivity index is 0.00000180. The number of carbonyl (C=O) groups is 1. The Bertz CT molecular complexity index is 544. The molecular formula is C13H20Cl2N4O. The Morgan fingerprint density at radius 1 is 1.40 bits per heavy atom. The van der Waals surface area contributed by atoms with Crippen LogP contribution < -0.4 is 11.1 Å². The van der Waals surface area contributed by atoms with Crippen molar-refractivity contribution in [2.24, 2.45) is 5.73 Å². The van der Waals surface area contributed by atoms with Gasteiger partial charge in [-0.05, 0) is 19.1 Å². The first-order chi connectivity index (χ1) is 8.70. The monoisotopic (exact) mass is 318 g/mol. The second-order valence-corrected chi connectivity index (χ2v) is 4.38. The van der Waals surface area contributed by atoms with Gasteiger partial charge in [0.15, 0.2) is 0 Å². The number of nitrogens with two attached hydrogens (primary N) is 1. The molecule has 0 aliphatic rings. The Hall–Kier alpha value is -1.30. The van der Waals surface area contributed by atoms with Gasteiger partial charge >= 0.3 is 0 Å². The summed E-state index contributed by atoms with van der Waals surface area (Å²) in [6.07, 6.45) is 2.20. The SMILES string of the molecule is C[C@@H](CN)NC(=O)CCn1cnc2ccccc21.Cl.Cl. The van der Waals surface area contributed by atoms with Crippen LogP contribution in [0.25, 0.3) is 11.0 Å². The van der Waals surface area contributed by atoms with Gasteiger partial charge in [0.25, 0.3) is 0 Å². The summed E-state index contributed by atoms with van der Waals surface area (Å²) in [5.41, 5.74) is 7.46. The maximum atomic E-state index is 11.6. The zero-order valence-corrected chi connectivity index (χ0v) is 12.9. The van der Waals surface area contributed by atoms with Gasteiger partial charge < -0.3 is 15.6 Å². The van der Waals surface area contributed by atoms with Gasteiger partial charge in [-0.1, -0.05) is 12.1 Å².